The van der Waals surface area contributed by atoms with Crippen molar-refractivity contribution in [1.29, 1.82) is 0 Å². The van der Waals surface area contributed by atoms with Crippen LogP contribution in [0.2, 0.25) is 0 Å². The molecule has 0 aliphatic heterocycles. The van der Waals surface area contributed by atoms with E-state index in [0.717, 1.165) is 31.2 Å². The fourth-order valence-corrected chi connectivity index (χ4v) is 3.42. The molecule has 1 fully saturated rings. The molecule has 0 amide bonds. The highest BCUT2D eigenvalue weighted by molar-refractivity contribution is 9.10. The number of ether oxygens (including phenoxy) is 1. The molecule has 0 unspecified atom stereocenters. The molecule has 1 saturated carbocycles. The van der Waals surface area contributed by atoms with Crippen LogP contribution in [-0.2, 0) is 16.0 Å². The SMILES string of the molecule is COC1(C(=O)Cc2ccc(F)cc2Br)CCC(C)(C)CC1. The second-order valence-electron chi connectivity index (χ2n) is 6.70. The van der Waals surface area contributed by atoms with E-state index in [1.807, 2.05) is 0 Å². The summed E-state index contributed by atoms with van der Waals surface area (Å²) in [6.45, 7) is 4.46. The highest BCUT2D eigenvalue weighted by Crippen LogP contribution is 2.42. The van der Waals surface area contributed by atoms with E-state index in [1.54, 1.807) is 13.2 Å². The number of methoxy groups -OCH3 is 1. The van der Waals surface area contributed by atoms with Crippen LogP contribution in [0, 0.1) is 11.2 Å². The fourth-order valence-electron chi connectivity index (χ4n) is 2.93. The predicted molar refractivity (Wildman–Crippen MR) is 84.8 cm³/mol. The molecule has 2 nitrogen and oxygen atoms in total. The van der Waals surface area contributed by atoms with Gasteiger partial charge in [-0.05, 0) is 48.8 Å². The van der Waals surface area contributed by atoms with E-state index in [-0.39, 0.29) is 23.4 Å². The highest BCUT2D eigenvalue weighted by atomic mass is 79.9. The number of hydrogen-bond acceptors (Lipinski definition) is 2. The lowest BCUT2D eigenvalue weighted by Crippen LogP contribution is -2.46. The lowest BCUT2D eigenvalue weighted by molar-refractivity contribution is -0.147. The first-order valence-corrected chi connectivity index (χ1v) is 8.10. The van der Waals surface area contributed by atoms with Crippen molar-refractivity contribution in [2.24, 2.45) is 5.41 Å². The number of hydrogen-bond donors (Lipinski definition) is 0. The van der Waals surface area contributed by atoms with Crippen LogP contribution in [0.1, 0.15) is 45.1 Å². The summed E-state index contributed by atoms with van der Waals surface area (Å²) in [7, 11) is 1.62. The van der Waals surface area contributed by atoms with Crippen molar-refractivity contribution in [2.75, 3.05) is 7.11 Å². The molecule has 1 aliphatic rings. The van der Waals surface area contributed by atoms with Crippen molar-refractivity contribution in [1.82, 2.24) is 0 Å². The largest absolute Gasteiger partial charge is 0.370 e. The predicted octanol–water partition coefficient (Wildman–Crippen LogP) is 4.69. The van der Waals surface area contributed by atoms with E-state index < -0.39 is 5.60 Å². The maximum absolute atomic E-state index is 13.1. The minimum atomic E-state index is -0.677. The molecule has 1 aromatic rings. The molecular weight excluding hydrogens is 335 g/mol. The van der Waals surface area contributed by atoms with Gasteiger partial charge in [-0.3, -0.25) is 4.79 Å². The van der Waals surface area contributed by atoms with Gasteiger partial charge >= 0.3 is 0 Å². The van der Waals surface area contributed by atoms with Crippen LogP contribution >= 0.6 is 15.9 Å². The van der Waals surface area contributed by atoms with Gasteiger partial charge in [0.15, 0.2) is 5.78 Å². The third kappa shape index (κ3) is 3.72. The van der Waals surface area contributed by atoms with Crippen LogP contribution in [0.3, 0.4) is 0 Å². The highest BCUT2D eigenvalue weighted by Gasteiger charge is 2.43. The van der Waals surface area contributed by atoms with Crippen molar-refractivity contribution in [2.45, 2.75) is 51.6 Å². The topological polar surface area (TPSA) is 26.3 Å². The van der Waals surface area contributed by atoms with E-state index in [9.17, 15) is 9.18 Å². The second kappa shape index (κ2) is 6.17. The van der Waals surface area contributed by atoms with Gasteiger partial charge in [0.25, 0.3) is 0 Å². The molecular formula is C17H22BrFO2. The number of carbonyl (C=O) groups is 1. The maximum Gasteiger partial charge on any atom is 0.168 e. The third-order valence-corrected chi connectivity index (χ3v) is 5.41. The van der Waals surface area contributed by atoms with Crippen molar-refractivity contribution < 1.29 is 13.9 Å². The normalized spacial score (nSPS) is 20.2. The molecule has 0 bridgehead atoms. The Hall–Kier alpha value is -0.740. The molecule has 0 N–H and O–H groups in total. The lowest BCUT2D eigenvalue weighted by atomic mass is 9.69. The van der Waals surface area contributed by atoms with Gasteiger partial charge < -0.3 is 4.74 Å². The molecule has 1 aromatic carbocycles. The summed E-state index contributed by atoms with van der Waals surface area (Å²) < 4.78 is 19.4. The quantitative estimate of drug-likeness (QED) is 0.782. The van der Waals surface area contributed by atoms with Crippen LogP contribution in [0.5, 0.6) is 0 Å². The number of benzene rings is 1. The van der Waals surface area contributed by atoms with E-state index >= 15 is 0 Å². The van der Waals surface area contributed by atoms with Crippen LogP contribution < -0.4 is 0 Å². The summed E-state index contributed by atoms with van der Waals surface area (Å²) in [5.74, 6) is -0.216. The Morgan fingerprint density at radius 3 is 2.43 bits per heavy atom. The molecule has 0 aromatic heterocycles. The minimum Gasteiger partial charge on any atom is -0.370 e. The van der Waals surface area contributed by atoms with E-state index in [4.69, 9.17) is 4.74 Å². The molecule has 0 radical (unpaired) electrons. The Morgan fingerprint density at radius 1 is 1.29 bits per heavy atom. The monoisotopic (exact) mass is 356 g/mol. The molecule has 1 aliphatic carbocycles. The summed E-state index contributed by atoms with van der Waals surface area (Å²) in [5.41, 5.74) is 0.407. The van der Waals surface area contributed by atoms with E-state index in [0.29, 0.717) is 4.47 Å². The summed E-state index contributed by atoms with van der Waals surface area (Å²) >= 11 is 3.32. The molecule has 0 saturated heterocycles. The van der Waals surface area contributed by atoms with Gasteiger partial charge in [-0.2, -0.15) is 0 Å². The minimum absolute atomic E-state index is 0.0906. The summed E-state index contributed by atoms with van der Waals surface area (Å²) in [5, 5.41) is 0. The van der Waals surface area contributed by atoms with Gasteiger partial charge in [0.05, 0.1) is 0 Å². The Bertz CT molecular complexity index is 530. The van der Waals surface area contributed by atoms with Crippen molar-refractivity contribution in [3.63, 3.8) is 0 Å². The Balaban J connectivity index is 2.14. The summed E-state index contributed by atoms with van der Waals surface area (Å²) in [6, 6.07) is 4.44. The van der Waals surface area contributed by atoms with Gasteiger partial charge in [0, 0.05) is 18.0 Å². The zero-order valence-electron chi connectivity index (χ0n) is 12.8. The van der Waals surface area contributed by atoms with Crippen molar-refractivity contribution in [3.8, 4) is 0 Å². The van der Waals surface area contributed by atoms with Gasteiger partial charge in [-0.25, -0.2) is 4.39 Å². The standard InChI is InChI=1S/C17H22BrFO2/c1-16(2)6-8-17(21-3,9-7-16)15(20)10-12-4-5-13(19)11-14(12)18/h4-5,11H,6-10H2,1-3H3. The smallest absolute Gasteiger partial charge is 0.168 e. The summed E-state index contributed by atoms with van der Waals surface area (Å²) in [4.78, 5) is 12.7. The van der Waals surface area contributed by atoms with Crippen molar-refractivity contribution >= 4 is 21.7 Å². The molecule has 116 valence electrons. The molecule has 21 heavy (non-hydrogen) atoms. The number of ketones is 1. The zero-order valence-corrected chi connectivity index (χ0v) is 14.4. The number of halogens is 2. The Labute approximate surface area is 134 Å². The number of carbonyl (C=O) groups excluding carboxylic acids is 1. The summed E-state index contributed by atoms with van der Waals surface area (Å²) in [6.07, 6.45) is 3.76. The van der Waals surface area contributed by atoms with Crippen LogP contribution in [0.4, 0.5) is 4.39 Å². The van der Waals surface area contributed by atoms with Crippen LogP contribution in [-0.4, -0.2) is 18.5 Å². The molecule has 4 heteroatoms. The zero-order chi connectivity index (χ0) is 15.7. The number of Topliss-reactive ketones (excluding diaryl/α,β-unsaturated/α-hetero) is 1. The average molecular weight is 357 g/mol. The van der Waals surface area contributed by atoms with E-state index in [1.165, 1.54) is 12.1 Å². The van der Waals surface area contributed by atoms with Crippen LogP contribution in [0.25, 0.3) is 0 Å². The van der Waals surface area contributed by atoms with Gasteiger partial charge in [-0.1, -0.05) is 35.8 Å². The van der Waals surface area contributed by atoms with Gasteiger partial charge in [-0.15, -0.1) is 0 Å². The second-order valence-corrected chi connectivity index (χ2v) is 7.55. The van der Waals surface area contributed by atoms with Crippen LogP contribution in [0.15, 0.2) is 22.7 Å². The fraction of sp³-hybridized carbons (Fsp3) is 0.588. The first-order chi connectivity index (χ1) is 9.78. The average Bonchev–Trinajstić information content (AvgIpc) is 2.42. The molecule has 2 rings (SSSR count). The lowest BCUT2D eigenvalue weighted by Gasteiger charge is -2.41. The maximum atomic E-state index is 13.1. The molecule has 0 spiro atoms. The first-order valence-electron chi connectivity index (χ1n) is 7.30. The number of rotatable bonds is 4. The van der Waals surface area contributed by atoms with E-state index in [2.05, 4.69) is 29.8 Å². The first kappa shape index (κ1) is 16.6. The Kier molecular flexibility index (Phi) is 4.89. The molecule has 0 heterocycles. The van der Waals surface area contributed by atoms with Gasteiger partial charge in [0.2, 0.25) is 0 Å². The Morgan fingerprint density at radius 2 is 1.90 bits per heavy atom. The molecule has 0 atom stereocenters. The van der Waals surface area contributed by atoms with Crippen molar-refractivity contribution in [3.05, 3.63) is 34.1 Å². The third-order valence-electron chi connectivity index (χ3n) is 4.68. The van der Waals surface area contributed by atoms with Gasteiger partial charge in [0.1, 0.15) is 11.4 Å².